The zero-order valence-corrected chi connectivity index (χ0v) is 19.4. The predicted octanol–water partition coefficient (Wildman–Crippen LogP) is 3.35. The third kappa shape index (κ3) is 4.93. The van der Waals surface area contributed by atoms with Crippen LogP contribution < -0.4 is 5.69 Å². The molecular weight excluding hydrogens is 404 g/mol. The van der Waals surface area contributed by atoms with Crippen LogP contribution in [-0.4, -0.2) is 51.4 Å². The van der Waals surface area contributed by atoms with Gasteiger partial charge in [0, 0.05) is 52.3 Å². The topological polar surface area (TPSA) is 67.5 Å². The van der Waals surface area contributed by atoms with E-state index in [1.54, 1.807) is 40.3 Å². The number of hydrogen-bond acceptors (Lipinski definition) is 3. The van der Waals surface area contributed by atoms with Crippen molar-refractivity contribution in [3.05, 3.63) is 70.1 Å². The number of benzene rings is 2. The molecule has 3 rings (SSSR count). The average molecular weight is 437 g/mol. The number of para-hydroxylation sites is 2. The van der Waals surface area contributed by atoms with Crippen LogP contribution in [0.1, 0.15) is 42.6 Å². The maximum absolute atomic E-state index is 12.9. The minimum atomic E-state index is -0.0648. The number of carbonyl (C=O) groups is 2. The Morgan fingerprint density at radius 1 is 0.875 bits per heavy atom. The Bertz CT molecular complexity index is 1140. The van der Waals surface area contributed by atoms with Gasteiger partial charge < -0.3 is 9.80 Å². The summed E-state index contributed by atoms with van der Waals surface area (Å²) in [6.45, 7) is 6.04. The number of aryl methyl sites for hydroxylation is 2. The average Bonchev–Trinajstić information content (AvgIpc) is 3.06. The monoisotopic (exact) mass is 436 g/mol. The van der Waals surface area contributed by atoms with E-state index in [0.717, 1.165) is 23.0 Å². The van der Waals surface area contributed by atoms with E-state index in [1.807, 2.05) is 50.2 Å². The third-order valence-electron chi connectivity index (χ3n) is 5.64. The molecule has 0 saturated heterocycles. The maximum atomic E-state index is 12.9. The van der Waals surface area contributed by atoms with E-state index < -0.39 is 0 Å². The van der Waals surface area contributed by atoms with Crippen LogP contribution in [-0.2, 0) is 24.4 Å². The van der Waals surface area contributed by atoms with Gasteiger partial charge in [-0.05, 0) is 43.2 Å². The smallest absolute Gasteiger partial charge is 0.329 e. The number of fused-ring (bicyclic) bond motifs is 1. The molecule has 2 amide bonds. The number of rotatable bonds is 9. The molecule has 0 fully saturated rings. The molecule has 0 bridgehead atoms. The summed E-state index contributed by atoms with van der Waals surface area (Å²) in [6, 6.07) is 15.1. The third-order valence-corrected chi connectivity index (χ3v) is 5.64. The van der Waals surface area contributed by atoms with Crippen molar-refractivity contribution in [1.29, 1.82) is 0 Å². The van der Waals surface area contributed by atoms with Crippen LogP contribution in [0, 0.1) is 0 Å². The van der Waals surface area contributed by atoms with Gasteiger partial charge in [-0.1, -0.05) is 31.2 Å². The normalized spacial score (nSPS) is 11.0. The summed E-state index contributed by atoms with van der Waals surface area (Å²) in [5.74, 6) is -0.0483. The zero-order chi connectivity index (χ0) is 23.3. The lowest BCUT2D eigenvalue weighted by Crippen LogP contribution is -2.32. The second-order valence-corrected chi connectivity index (χ2v) is 8.13. The summed E-state index contributed by atoms with van der Waals surface area (Å²) in [4.78, 5) is 41.2. The Balaban J connectivity index is 1.71. The molecule has 0 aliphatic carbocycles. The minimum Gasteiger partial charge on any atom is -0.345 e. The van der Waals surface area contributed by atoms with Gasteiger partial charge >= 0.3 is 5.69 Å². The fourth-order valence-corrected chi connectivity index (χ4v) is 3.90. The fourth-order valence-electron chi connectivity index (χ4n) is 3.90. The molecule has 0 atom stereocenters. The van der Waals surface area contributed by atoms with Gasteiger partial charge in [0.1, 0.15) is 0 Å². The molecule has 7 nitrogen and oxygen atoms in total. The molecule has 0 unspecified atom stereocenters. The van der Waals surface area contributed by atoms with Crippen LogP contribution in [0.2, 0.25) is 0 Å². The summed E-state index contributed by atoms with van der Waals surface area (Å²) in [7, 11) is 3.44. The molecule has 0 aliphatic heterocycles. The van der Waals surface area contributed by atoms with Crippen molar-refractivity contribution in [2.45, 2.75) is 46.3 Å². The predicted molar refractivity (Wildman–Crippen MR) is 127 cm³/mol. The lowest BCUT2D eigenvalue weighted by atomic mass is 10.1. The van der Waals surface area contributed by atoms with Gasteiger partial charge in [0.15, 0.2) is 0 Å². The highest BCUT2D eigenvalue weighted by atomic mass is 16.2. The summed E-state index contributed by atoms with van der Waals surface area (Å²) >= 11 is 0. The van der Waals surface area contributed by atoms with Gasteiger partial charge in [-0.15, -0.1) is 0 Å². The van der Waals surface area contributed by atoms with Crippen LogP contribution >= 0.6 is 0 Å². The SMILES string of the molecule is CCCn1c(=O)n(CCC(=O)N(CC)Cc2ccc(C(=O)N(C)C)cc2)c2ccccc21. The first-order valence-corrected chi connectivity index (χ1v) is 11.1. The van der Waals surface area contributed by atoms with Crippen LogP contribution in [0.25, 0.3) is 11.0 Å². The van der Waals surface area contributed by atoms with Crippen molar-refractivity contribution < 1.29 is 9.59 Å². The number of amides is 2. The van der Waals surface area contributed by atoms with E-state index in [1.165, 1.54) is 4.90 Å². The van der Waals surface area contributed by atoms with Crippen molar-refractivity contribution in [3.8, 4) is 0 Å². The molecule has 1 aromatic heterocycles. The van der Waals surface area contributed by atoms with Crippen LogP contribution in [0.3, 0.4) is 0 Å². The first-order chi connectivity index (χ1) is 15.4. The first kappa shape index (κ1) is 23.3. The highest BCUT2D eigenvalue weighted by Crippen LogP contribution is 2.15. The number of hydrogen-bond donors (Lipinski definition) is 0. The molecule has 32 heavy (non-hydrogen) atoms. The largest absolute Gasteiger partial charge is 0.345 e. The highest BCUT2D eigenvalue weighted by molar-refractivity contribution is 5.93. The lowest BCUT2D eigenvalue weighted by Gasteiger charge is -2.21. The Morgan fingerprint density at radius 3 is 2.00 bits per heavy atom. The molecule has 0 radical (unpaired) electrons. The molecule has 3 aromatic rings. The van der Waals surface area contributed by atoms with Gasteiger partial charge in [0.2, 0.25) is 5.91 Å². The molecule has 0 saturated carbocycles. The van der Waals surface area contributed by atoms with Gasteiger partial charge in [-0.3, -0.25) is 18.7 Å². The second-order valence-electron chi connectivity index (χ2n) is 8.13. The molecular formula is C25H32N4O3. The van der Waals surface area contributed by atoms with Crippen molar-refractivity contribution in [1.82, 2.24) is 18.9 Å². The van der Waals surface area contributed by atoms with Crippen molar-refractivity contribution in [2.24, 2.45) is 0 Å². The second kappa shape index (κ2) is 10.3. The number of nitrogens with zero attached hydrogens (tertiary/aromatic N) is 4. The van der Waals surface area contributed by atoms with Gasteiger partial charge in [-0.25, -0.2) is 4.79 Å². The van der Waals surface area contributed by atoms with E-state index in [9.17, 15) is 14.4 Å². The lowest BCUT2D eigenvalue weighted by molar-refractivity contribution is -0.131. The van der Waals surface area contributed by atoms with Gasteiger partial charge in [-0.2, -0.15) is 0 Å². The summed E-state index contributed by atoms with van der Waals surface area (Å²) < 4.78 is 3.49. The van der Waals surface area contributed by atoms with E-state index in [4.69, 9.17) is 0 Å². The Morgan fingerprint density at radius 2 is 1.47 bits per heavy atom. The maximum Gasteiger partial charge on any atom is 0.329 e. The van der Waals surface area contributed by atoms with E-state index in [-0.39, 0.29) is 23.9 Å². The van der Waals surface area contributed by atoms with Crippen molar-refractivity contribution >= 4 is 22.8 Å². The summed E-state index contributed by atoms with van der Waals surface area (Å²) in [6.07, 6.45) is 1.13. The van der Waals surface area contributed by atoms with E-state index >= 15 is 0 Å². The Labute approximate surface area is 188 Å². The molecule has 170 valence electrons. The molecule has 1 heterocycles. The summed E-state index contributed by atoms with van der Waals surface area (Å²) in [5, 5.41) is 0. The zero-order valence-electron chi connectivity index (χ0n) is 19.4. The van der Waals surface area contributed by atoms with Crippen LogP contribution in [0.5, 0.6) is 0 Å². The van der Waals surface area contributed by atoms with Crippen molar-refractivity contribution in [3.63, 3.8) is 0 Å². The molecule has 0 N–H and O–H groups in total. The molecule has 0 aliphatic rings. The standard InChI is InChI=1S/C25H32N4O3/c1-5-16-28-21-9-7-8-10-22(21)29(25(28)32)17-15-23(30)27(6-2)18-19-11-13-20(14-12-19)24(31)26(3)4/h7-14H,5-6,15-18H2,1-4H3. The van der Waals surface area contributed by atoms with Gasteiger partial charge in [0.05, 0.1) is 11.0 Å². The summed E-state index contributed by atoms with van der Waals surface area (Å²) in [5.41, 5.74) is 3.29. The van der Waals surface area contributed by atoms with Gasteiger partial charge in [0.25, 0.3) is 5.91 Å². The fraction of sp³-hybridized carbons (Fsp3) is 0.400. The first-order valence-electron chi connectivity index (χ1n) is 11.1. The molecule has 2 aromatic carbocycles. The van der Waals surface area contributed by atoms with Crippen LogP contribution in [0.4, 0.5) is 0 Å². The Kier molecular flexibility index (Phi) is 7.51. The van der Waals surface area contributed by atoms with E-state index in [2.05, 4.69) is 0 Å². The quantitative estimate of drug-likeness (QED) is 0.517. The number of imidazole rings is 1. The molecule has 0 spiro atoms. The highest BCUT2D eigenvalue weighted by Gasteiger charge is 2.17. The minimum absolute atomic E-state index is 0.000155. The Hall–Kier alpha value is -3.35. The van der Waals surface area contributed by atoms with Crippen LogP contribution in [0.15, 0.2) is 53.3 Å². The van der Waals surface area contributed by atoms with Crippen molar-refractivity contribution in [2.75, 3.05) is 20.6 Å². The molecule has 7 heteroatoms. The number of aromatic nitrogens is 2. The van der Waals surface area contributed by atoms with E-state index in [0.29, 0.717) is 31.7 Å². The number of carbonyl (C=O) groups excluding carboxylic acids is 2.